The van der Waals surface area contributed by atoms with Crippen LogP contribution in [0.1, 0.15) is 37.8 Å². The summed E-state index contributed by atoms with van der Waals surface area (Å²) in [5, 5.41) is 0. The fraction of sp³-hybridized carbons (Fsp3) is 0.400. The van der Waals surface area contributed by atoms with Crippen LogP contribution in [0.15, 0.2) is 59.5 Å². The van der Waals surface area contributed by atoms with Crippen molar-refractivity contribution in [2.24, 2.45) is 5.92 Å². The molecule has 1 atom stereocenters. The Kier molecular flexibility index (Phi) is 6.58. The summed E-state index contributed by atoms with van der Waals surface area (Å²) in [6.07, 6.45) is 2.50. The van der Waals surface area contributed by atoms with Crippen molar-refractivity contribution in [1.82, 2.24) is 4.72 Å². The van der Waals surface area contributed by atoms with E-state index in [9.17, 15) is 8.42 Å². The quantitative estimate of drug-likeness (QED) is 0.774. The molecule has 0 bridgehead atoms. The Labute approximate surface area is 146 Å². The van der Waals surface area contributed by atoms with Crippen molar-refractivity contribution in [2.45, 2.75) is 51.0 Å². The maximum absolute atomic E-state index is 12.6. The fourth-order valence-electron chi connectivity index (χ4n) is 2.78. The molecule has 0 aromatic heterocycles. The summed E-state index contributed by atoms with van der Waals surface area (Å²) in [4.78, 5) is 0.335. The Balaban J connectivity index is 2.08. The van der Waals surface area contributed by atoms with Crippen LogP contribution in [0.2, 0.25) is 0 Å². The first-order valence-corrected chi connectivity index (χ1v) is 9.98. The monoisotopic (exact) mass is 345 g/mol. The van der Waals surface area contributed by atoms with Gasteiger partial charge in [-0.3, -0.25) is 0 Å². The van der Waals surface area contributed by atoms with E-state index in [1.807, 2.05) is 37.3 Å². The Morgan fingerprint density at radius 2 is 1.58 bits per heavy atom. The van der Waals surface area contributed by atoms with Crippen LogP contribution in [-0.4, -0.2) is 14.5 Å². The third kappa shape index (κ3) is 5.77. The van der Waals surface area contributed by atoms with Gasteiger partial charge in [-0.1, -0.05) is 61.9 Å². The van der Waals surface area contributed by atoms with Gasteiger partial charge in [0, 0.05) is 6.04 Å². The molecule has 24 heavy (non-hydrogen) atoms. The number of rotatable bonds is 8. The molecule has 4 heteroatoms. The number of benzene rings is 2. The molecular formula is C20H27NO2S. The van der Waals surface area contributed by atoms with Crippen LogP contribution in [0, 0.1) is 12.8 Å². The molecule has 0 amide bonds. The molecule has 0 fully saturated rings. The van der Waals surface area contributed by atoms with Gasteiger partial charge in [0.2, 0.25) is 10.0 Å². The van der Waals surface area contributed by atoms with Gasteiger partial charge in [0.25, 0.3) is 0 Å². The molecule has 2 aromatic carbocycles. The molecule has 1 unspecified atom stereocenters. The molecule has 0 heterocycles. The highest BCUT2D eigenvalue weighted by molar-refractivity contribution is 7.89. The van der Waals surface area contributed by atoms with Crippen LogP contribution in [0.4, 0.5) is 0 Å². The van der Waals surface area contributed by atoms with Crippen LogP contribution in [0.5, 0.6) is 0 Å². The van der Waals surface area contributed by atoms with Crippen LogP contribution in [-0.2, 0) is 16.4 Å². The highest BCUT2D eigenvalue weighted by atomic mass is 32.2. The minimum atomic E-state index is -3.48. The van der Waals surface area contributed by atoms with Crippen molar-refractivity contribution < 1.29 is 8.42 Å². The number of hydrogen-bond acceptors (Lipinski definition) is 2. The van der Waals surface area contributed by atoms with Gasteiger partial charge >= 0.3 is 0 Å². The summed E-state index contributed by atoms with van der Waals surface area (Å²) in [5.41, 5.74) is 2.29. The van der Waals surface area contributed by atoms with E-state index in [1.165, 1.54) is 5.56 Å². The van der Waals surface area contributed by atoms with Crippen molar-refractivity contribution in [2.75, 3.05) is 0 Å². The number of hydrogen-bond donors (Lipinski definition) is 1. The Morgan fingerprint density at radius 3 is 2.17 bits per heavy atom. The van der Waals surface area contributed by atoms with Gasteiger partial charge in [0.1, 0.15) is 0 Å². The van der Waals surface area contributed by atoms with Crippen LogP contribution in [0.3, 0.4) is 0 Å². The van der Waals surface area contributed by atoms with E-state index in [2.05, 4.69) is 30.7 Å². The Bertz CT molecular complexity index is 722. The largest absolute Gasteiger partial charge is 0.240 e. The van der Waals surface area contributed by atoms with Gasteiger partial charge in [-0.15, -0.1) is 0 Å². The molecule has 0 spiro atoms. The van der Waals surface area contributed by atoms with Crippen molar-refractivity contribution in [3.05, 3.63) is 65.7 Å². The average Bonchev–Trinajstić information content (AvgIpc) is 2.53. The van der Waals surface area contributed by atoms with E-state index in [-0.39, 0.29) is 6.04 Å². The van der Waals surface area contributed by atoms with E-state index in [0.29, 0.717) is 10.8 Å². The molecule has 3 nitrogen and oxygen atoms in total. The molecule has 0 saturated carbocycles. The normalized spacial score (nSPS) is 13.2. The molecular weight excluding hydrogens is 318 g/mol. The molecule has 0 aliphatic carbocycles. The van der Waals surface area contributed by atoms with Crippen LogP contribution >= 0.6 is 0 Å². The van der Waals surface area contributed by atoms with Gasteiger partial charge in [-0.05, 0) is 49.8 Å². The molecule has 2 aromatic rings. The number of aryl methyl sites for hydroxylation is 2. The maximum Gasteiger partial charge on any atom is 0.240 e. The van der Waals surface area contributed by atoms with Crippen LogP contribution in [0.25, 0.3) is 0 Å². The smallest absolute Gasteiger partial charge is 0.208 e. The van der Waals surface area contributed by atoms with Crippen molar-refractivity contribution in [3.8, 4) is 0 Å². The predicted molar refractivity (Wildman–Crippen MR) is 99.5 cm³/mol. The minimum Gasteiger partial charge on any atom is -0.208 e. The first kappa shape index (κ1) is 18.7. The summed E-state index contributed by atoms with van der Waals surface area (Å²) in [5.74, 6) is 0.437. The molecule has 1 N–H and O–H groups in total. The van der Waals surface area contributed by atoms with E-state index < -0.39 is 10.0 Å². The first-order valence-electron chi connectivity index (χ1n) is 8.50. The second kappa shape index (κ2) is 8.45. The fourth-order valence-corrected chi connectivity index (χ4v) is 4.07. The van der Waals surface area contributed by atoms with E-state index in [1.54, 1.807) is 12.1 Å². The summed E-state index contributed by atoms with van der Waals surface area (Å²) < 4.78 is 28.2. The van der Waals surface area contributed by atoms with Crippen molar-refractivity contribution in [3.63, 3.8) is 0 Å². The summed E-state index contributed by atoms with van der Waals surface area (Å²) in [7, 11) is -3.48. The maximum atomic E-state index is 12.6. The lowest BCUT2D eigenvalue weighted by atomic mass is 9.98. The Morgan fingerprint density at radius 1 is 0.958 bits per heavy atom. The SMILES string of the molecule is Cc1ccc(S(=O)(=O)NC(CCc2ccccc2)CC(C)C)cc1. The van der Waals surface area contributed by atoms with Gasteiger partial charge in [-0.25, -0.2) is 13.1 Å². The number of sulfonamides is 1. The molecule has 0 aliphatic rings. The summed E-state index contributed by atoms with van der Waals surface area (Å²) in [6, 6.07) is 17.1. The molecule has 0 aliphatic heterocycles. The minimum absolute atomic E-state index is 0.0588. The number of nitrogens with one attached hydrogen (secondary N) is 1. The van der Waals surface area contributed by atoms with E-state index in [0.717, 1.165) is 24.8 Å². The van der Waals surface area contributed by atoms with Gasteiger partial charge in [-0.2, -0.15) is 0 Å². The van der Waals surface area contributed by atoms with Gasteiger partial charge < -0.3 is 0 Å². The standard InChI is InChI=1S/C20H27NO2S/c1-16(2)15-19(12-11-18-7-5-4-6-8-18)21-24(22,23)20-13-9-17(3)10-14-20/h4-10,13-14,16,19,21H,11-12,15H2,1-3H3. The molecule has 0 radical (unpaired) electrons. The highest BCUT2D eigenvalue weighted by Gasteiger charge is 2.20. The average molecular weight is 346 g/mol. The zero-order chi connectivity index (χ0) is 17.6. The lowest BCUT2D eigenvalue weighted by Gasteiger charge is -2.21. The van der Waals surface area contributed by atoms with Gasteiger partial charge in [0.05, 0.1) is 4.90 Å². The second-order valence-electron chi connectivity index (χ2n) is 6.79. The van der Waals surface area contributed by atoms with E-state index in [4.69, 9.17) is 0 Å². The zero-order valence-electron chi connectivity index (χ0n) is 14.7. The lowest BCUT2D eigenvalue weighted by Crippen LogP contribution is -2.36. The molecule has 130 valence electrons. The molecule has 0 saturated heterocycles. The Hall–Kier alpha value is -1.65. The topological polar surface area (TPSA) is 46.2 Å². The third-order valence-corrected chi connectivity index (χ3v) is 5.57. The first-order chi connectivity index (χ1) is 11.4. The zero-order valence-corrected chi connectivity index (χ0v) is 15.5. The summed E-state index contributed by atoms with van der Waals surface area (Å²) in [6.45, 7) is 6.19. The van der Waals surface area contributed by atoms with Crippen molar-refractivity contribution >= 4 is 10.0 Å². The van der Waals surface area contributed by atoms with Gasteiger partial charge in [0.15, 0.2) is 0 Å². The lowest BCUT2D eigenvalue weighted by molar-refractivity contribution is 0.439. The van der Waals surface area contributed by atoms with E-state index >= 15 is 0 Å². The van der Waals surface area contributed by atoms with Crippen LogP contribution < -0.4 is 4.72 Å². The highest BCUT2D eigenvalue weighted by Crippen LogP contribution is 2.16. The molecule has 2 rings (SSSR count). The summed E-state index contributed by atoms with van der Waals surface area (Å²) >= 11 is 0. The predicted octanol–water partition coefficient (Wildman–Crippen LogP) is 4.32. The second-order valence-corrected chi connectivity index (χ2v) is 8.50. The third-order valence-electron chi connectivity index (χ3n) is 4.03. The van der Waals surface area contributed by atoms with Crippen molar-refractivity contribution in [1.29, 1.82) is 0 Å².